The molecule has 3 rings (SSSR count). The lowest BCUT2D eigenvalue weighted by molar-refractivity contribution is 0.288. The molecule has 8 heteroatoms. The van der Waals surface area contributed by atoms with Crippen molar-refractivity contribution in [1.29, 1.82) is 0 Å². The molecule has 0 saturated heterocycles. The molecule has 0 atom stereocenters. The van der Waals surface area contributed by atoms with E-state index in [1.54, 1.807) is 30.9 Å². The quantitative estimate of drug-likeness (QED) is 0.714. The summed E-state index contributed by atoms with van der Waals surface area (Å²) in [5, 5.41) is 18.0. The van der Waals surface area contributed by atoms with E-state index in [0.717, 1.165) is 16.6 Å². The standard InChI is InChI=1S/C13H11BClN3O3/c15-11-5-16-6-12-13(11)17-8-18(12)7-9-1-3-10(4-2-9)21-14(19)20/h1-6,8,19-20H,7H2. The number of pyridine rings is 1. The third-order valence-electron chi connectivity index (χ3n) is 3.01. The van der Waals surface area contributed by atoms with E-state index in [0.29, 0.717) is 17.3 Å². The van der Waals surface area contributed by atoms with Crippen LogP contribution in [0.3, 0.4) is 0 Å². The van der Waals surface area contributed by atoms with Gasteiger partial charge in [0, 0.05) is 12.7 Å². The summed E-state index contributed by atoms with van der Waals surface area (Å²) in [7, 11) is -1.82. The highest BCUT2D eigenvalue weighted by Crippen LogP contribution is 2.21. The van der Waals surface area contributed by atoms with Crippen molar-refractivity contribution in [3.63, 3.8) is 0 Å². The van der Waals surface area contributed by atoms with E-state index in [4.69, 9.17) is 26.3 Å². The predicted molar refractivity (Wildman–Crippen MR) is 78.9 cm³/mol. The zero-order valence-electron chi connectivity index (χ0n) is 10.8. The molecule has 1 aromatic carbocycles. The highest BCUT2D eigenvalue weighted by Gasteiger charge is 2.11. The van der Waals surface area contributed by atoms with Gasteiger partial charge in [-0.2, -0.15) is 0 Å². The molecule has 0 aliphatic rings. The molecule has 0 unspecified atom stereocenters. The smallest absolute Gasteiger partial charge is 0.512 e. The van der Waals surface area contributed by atoms with Gasteiger partial charge in [0.25, 0.3) is 0 Å². The van der Waals surface area contributed by atoms with E-state index in [-0.39, 0.29) is 0 Å². The predicted octanol–water partition coefficient (Wildman–Crippen LogP) is 1.48. The van der Waals surface area contributed by atoms with Crippen LogP contribution in [0.15, 0.2) is 43.0 Å². The molecule has 0 fully saturated rings. The van der Waals surface area contributed by atoms with Crippen molar-refractivity contribution in [3.05, 3.63) is 53.6 Å². The molecule has 106 valence electrons. The van der Waals surface area contributed by atoms with Gasteiger partial charge in [0.15, 0.2) is 0 Å². The number of hydrogen-bond acceptors (Lipinski definition) is 5. The Morgan fingerprint density at radius 2 is 1.95 bits per heavy atom. The van der Waals surface area contributed by atoms with Gasteiger partial charge in [-0.15, -0.1) is 0 Å². The number of benzene rings is 1. The Kier molecular flexibility index (Phi) is 3.79. The van der Waals surface area contributed by atoms with Crippen LogP contribution in [0.1, 0.15) is 5.56 Å². The summed E-state index contributed by atoms with van der Waals surface area (Å²) in [5.74, 6) is 0.383. The molecule has 0 saturated carbocycles. The van der Waals surface area contributed by atoms with Gasteiger partial charge >= 0.3 is 7.32 Å². The topological polar surface area (TPSA) is 80.4 Å². The summed E-state index contributed by atoms with van der Waals surface area (Å²) in [4.78, 5) is 8.34. The largest absolute Gasteiger partial charge is 0.707 e. The normalized spacial score (nSPS) is 10.8. The Labute approximate surface area is 125 Å². The fourth-order valence-corrected chi connectivity index (χ4v) is 2.27. The second kappa shape index (κ2) is 5.73. The molecule has 0 aliphatic heterocycles. The first kappa shape index (κ1) is 13.9. The Bertz CT molecular complexity index is 761. The van der Waals surface area contributed by atoms with Crippen molar-refractivity contribution >= 4 is 30.0 Å². The maximum Gasteiger partial charge on any atom is 0.707 e. The van der Waals surface area contributed by atoms with Gasteiger partial charge in [0.2, 0.25) is 0 Å². The molecule has 2 N–H and O–H groups in total. The Hall–Kier alpha value is -2.09. The summed E-state index contributed by atoms with van der Waals surface area (Å²) in [6, 6.07) is 7.00. The molecule has 0 aliphatic carbocycles. The average Bonchev–Trinajstić information content (AvgIpc) is 2.85. The van der Waals surface area contributed by atoms with Crippen LogP contribution in [-0.2, 0) is 6.54 Å². The van der Waals surface area contributed by atoms with Crippen molar-refractivity contribution < 1.29 is 14.7 Å². The number of hydrogen-bond donors (Lipinski definition) is 2. The number of fused-ring (bicyclic) bond motifs is 1. The van der Waals surface area contributed by atoms with E-state index in [1.165, 1.54) is 0 Å². The van der Waals surface area contributed by atoms with Crippen LogP contribution in [-0.4, -0.2) is 31.9 Å². The van der Waals surface area contributed by atoms with Crippen molar-refractivity contribution in [2.75, 3.05) is 0 Å². The van der Waals surface area contributed by atoms with Gasteiger partial charge in [-0.1, -0.05) is 23.7 Å². The van der Waals surface area contributed by atoms with E-state index < -0.39 is 7.32 Å². The lowest BCUT2D eigenvalue weighted by Crippen LogP contribution is -2.20. The fourth-order valence-electron chi connectivity index (χ4n) is 2.06. The lowest BCUT2D eigenvalue weighted by atomic mass is 10.2. The summed E-state index contributed by atoms with van der Waals surface area (Å²) in [5.41, 5.74) is 2.58. The van der Waals surface area contributed by atoms with Gasteiger partial charge < -0.3 is 19.3 Å². The van der Waals surface area contributed by atoms with E-state index in [1.807, 2.05) is 16.7 Å². The molecule has 0 amide bonds. The second-order valence-corrected chi connectivity index (χ2v) is 4.86. The SMILES string of the molecule is OB(O)Oc1ccc(Cn2cnc3c(Cl)cncc32)cc1. The summed E-state index contributed by atoms with van der Waals surface area (Å²) in [6.45, 7) is 0.598. The lowest BCUT2D eigenvalue weighted by Gasteiger charge is -2.07. The zero-order valence-corrected chi connectivity index (χ0v) is 11.6. The monoisotopic (exact) mass is 303 g/mol. The molecular weight excluding hydrogens is 292 g/mol. The average molecular weight is 304 g/mol. The van der Waals surface area contributed by atoms with Gasteiger partial charge in [-0.25, -0.2) is 4.98 Å². The number of halogens is 1. The number of aromatic nitrogens is 3. The number of imidazole rings is 1. The van der Waals surface area contributed by atoms with E-state index in [2.05, 4.69) is 9.97 Å². The molecule has 0 spiro atoms. The minimum Gasteiger partial charge on any atom is -0.512 e. The maximum atomic E-state index is 8.73. The van der Waals surface area contributed by atoms with Crippen LogP contribution >= 0.6 is 11.6 Å². The number of rotatable bonds is 4. The van der Waals surface area contributed by atoms with Crippen LogP contribution in [0.25, 0.3) is 11.0 Å². The minimum absolute atomic E-state index is 0.383. The molecule has 21 heavy (non-hydrogen) atoms. The summed E-state index contributed by atoms with van der Waals surface area (Å²) in [6.07, 6.45) is 4.99. The maximum absolute atomic E-state index is 8.73. The van der Waals surface area contributed by atoms with Crippen LogP contribution in [0.2, 0.25) is 5.02 Å². The summed E-state index contributed by atoms with van der Waals surface area (Å²) < 4.78 is 6.69. The molecule has 2 aromatic heterocycles. The van der Waals surface area contributed by atoms with Crippen molar-refractivity contribution in [3.8, 4) is 5.75 Å². The Balaban J connectivity index is 1.83. The van der Waals surface area contributed by atoms with Crippen molar-refractivity contribution in [2.24, 2.45) is 0 Å². The highest BCUT2D eigenvalue weighted by molar-refractivity contribution is 6.34. The van der Waals surface area contributed by atoms with Crippen LogP contribution in [0.5, 0.6) is 5.75 Å². The highest BCUT2D eigenvalue weighted by atomic mass is 35.5. The first-order valence-electron chi connectivity index (χ1n) is 6.19. The van der Waals surface area contributed by atoms with E-state index >= 15 is 0 Å². The van der Waals surface area contributed by atoms with Gasteiger partial charge in [-0.05, 0) is 17.7 Å². The number of nitrogens with zero attached hydrogens (tertiary/aromatic N) is 3. The van der Waals surface area contributed by atoms with Gasteiger partial charge in [0.05, 0.1) is 23.1 Å². The molecular formula is C13H11BClN3O3. The second-order valence-electron chi connectivity index (χ2n) is 4.45. The molecule has 6 nitrogen and oxygen atoms in total. The fraction of sp³-hybridized carbons (Fsp3) is 0.0769. The van der Waals surface area contributed by atoms with Gasteiger partial charge in [0.1, 0.15) is 11.3 Å². The van der Waals surface area contributed by atoms with Crippen molar-refractivity contribution in [1.82, 2.24) is 14.5 Å². The van der Waals surface area contributed by atoms with E-state index in [9.17, 15) is 0 Å². The summed E-state index contributed by atoms with van der Waals surface area (Å²) >= 11 is 6.04. The zero-order chi connectivity index (χ0) is 14.8. The van der Waals surface area contributed by atoms with Crippen molar-refractivity contribution in [2.45, 2.75) is 6.54 Å². The van der Waals surface area contributed by atoms with Gasteiger partial charge in [-0.3, -0.25) is 4.98 Å². The Morgan fingerprint density at radius 1 is 1.19 bits per heavy atom. The minimum atomic E-state index is -1.82. The van der Waals surface area contributed by atoms with Crippen LogP contribution in [0, 0.1) is 0 Å². The Morgan fingerprint density at radius 3 is 2.67 bits per heavy atom. The first-order chi connectivity index (χ1) is 10.1. The third-order valence-corrected chi connectivity index (χ3v) is 3.28. The molecule has 2 heterocycles. The third kappa shape index (κ3) is 3.00. The van der Waals surface area contributed by atoms with Crippen LogP contribution in [0.4, 0.5) is 0 Å². The molecule has 0 radical (unpaired) electrons. The molecule has 3 aromatic rings. The van der Waals surface area contributed by atoms with Crippen LogP contribution < -0.4 is 4.65 Å². The first-order valence-corrected chi connectivity index (χ1v) is 6.57. The molecule has 0 bridgehead atoms.